The van der Waals surface area contributed by atoms with Gasteiger partial charge >= 0.3 is 0 Å². The van der Waals surface area contributed by atoms with E-state index in [1.54, 1.807) is 15.9 Å². The van der Waals surface area contributed by atoms with Crippen LogP contribution in [0.1, 0.15) is 21.7 Å². The molecule has 3 heterocycles. The Morgan fingerprint density at radius 1 is 0.909 bits per heavy atom. The standard InChI is InChI=1S/C25H26N4O4/c1-17-15-18(2)29(26-17)20-9-7-19(8-10-20)24(30)27-11-13-28(14-12-27)25(31)23-16-32-21-5-3-4-6-22(21)33-23/h3-10,15,23H,11-14,16H2,1-2H3. The molecule has 2 amide bonds. The van der Waals surface area contributed by atoms with Gasteiger partial charge in [-0.2, -0.15) is 5.10 Å². The largest absolute Gasteiger partial charge is 0.485 e. The molecule has 2 aliphatic heterocycles. The van der Waals surface area contributed by atoms with E-state index in [-0.39, 0.29) is 18.4 Å². The number of benzene rings is 2. The minimum absolute atomic E-state index is 0.0341. The van der Waals surface area contributed by atoms with E-state index in [2.05, 4.69) is 5.10 Å². The van der Waals surface area contributed by atoms with Gasteiger partial charge < -0.3 is 19.3 Å². The molecule has 1 saturated heterocycles. The molecule has 8 heteroatoms. The lowest BCUT2D eigenvalue weighted by Crippen LogP contribution is -2.55. The van der Waals surface area contributed by atoms with Crippen molar-refractivity contribution in [2.24, 2.45) is 0 Å². The molecule has 8 nitrogen and oxygen atoms in total. The Hall–Kier alpha value is -3.81. The highest BCUT2D eigenvalue weighted by Gasteiger charge is 2.33. The number of amides is 2. The van der Waals surface area contributed by atoms with Crippen LogP contribution in [0.25, 0.3) is 5.69 Å². The van der Waals surface area contributed by atoms with E-state index in [0.29, 0.717) is 43.2 Å². The fourth-order valence-electron chi connectivity index (χ4n) is 4.29. The summed E-state index contributed by atoms with van der Waals surface area (Å²) in [6, 6.07) is 16.8. The lowest BCUT2D eigenvalue weighted by molar-refractivity contribution is -0.142. The van der Waals surface area contributed by atoms with E-state index in [1.165, 1.54) is 0 Å². The van der Waals surface area contributed by atoms with Gasteiger partial charge in [0.25, 0.3) is 11.8 Å². The maximum Gasteiger partial charge on any atom is 0.267 e. The van der Waals surface area contributed by atoms with Crippen LogP contribution < -0.4 is 9.47 Å². The summed E-state index contributed by atoms with van der Waals surface area (Å²) in [5, 5.41) is 4.49. The van der Waals surface area contributed by atoms with Gasteiger partial charge in [-0.3, -0.25) is 9.59 Å². The molecule has 3 aromatic rings. The van der Waals surface area contributed by atoms with Crippen LogP contribution in [0.2, 0.25) is 0 Å². The average Bonchev–Trinajstić information content (AvgIpc) is 3.20. The van der Waals surface area contributed by atoms with Crippen molar-refractivity contribution >= 4 is 11.8 Å². The number of ether oxygens (including phenoxy) is 2. The van der Waals surface area contributed by atoms with Crippen LogP contribution in [0.4, 0.5) is 0 Å². The topological polar surface area (TPSA) is 76.9 Å². The van der Waals surface area contributed by atoms with Gasteiger partial charge in [0.05, 0.1) is 11.4 Å². The molecule has 170 valence electrons. The molecule has 1 fully saturated rings. The third-order valence-corrected chi connectivity index (χ3v) is 6.03. The summed E-state index contributed by atoms with van der Waals surface area (Å²) in [7, 11) is 0. The lowest BCUT2D eigenvalue weighted by atomic mass is 10.1. The van der Waals surface area contributed by atoms with Crippen LogP contribution >= 0.6 is 0 Å². The van der Waals surface area contributed by atoms with Crippen LogP contribution in [-0.4, -0.2) is 70.3 Å². The number of fused-ring (bicyclic) bond motifs is 1. The maximum absolute atomic E-state index is 13.0. The number of hydrogen-bond donors (Lipinski definition) is 0. The monoisotopic (exact) mass is 446 g/mol. The summed E-state index contributed by atoms with van der Waals surface area (Å²) < 4.78 is 13.4. The Morgan fingerprint density at radius 3 is 2.24 bits per heavy atom. The minimum atomic E-state index is -0.663. The fourth-order valence-corrected chi connectivity index (χ4v) is 4.29. The highest BCUT2D eigenvalue weighted by atomic mass is 16.6. The normalized spacial score (nSPS) is 17.7. The molecule has 2 aromatic carbocycles. The minimum Gasteiger partial charge on any atom is -0.485 e. The molecule has 1 aromatic heterocycles. The van der Waals surface area contributed by atoms with Gasteiger partial charge in [-0.05, 0) is 56.3 Å². The molecular formula is C25H26N4O4. The number of carbonyl (C=O) groups excluding carboxylic acids is 2. The lowest BCUT2D eigenvalue weighted by Gasteiger charge is -2.37. The molecule has 0 saturated carbocycles. The molecule has 2 aliphatic rings. The first-order valence-electron chi connectivity index (χ1n) is 11.1. The van der Waals surface area contributed by atoms with Crippen molar-refractivity contribution in [1.29, 1.82) is 0 Å². The first-order chi connectivity index (χ1) is 16.0. The quantitative estimate of drug-likeness (QED) is 0.618. The number of nitrogens with zero attached hydrogens (tertiary/aromatic N) is 4. The van der Waals surface area contributed by atoms with E-state index in [9.17, 15) is 9.59 Å². The Balaban J connectivity index is 1.18. The molecule has 1 unspecified atom stereocenters. The van der Waals surface area contributed by atoms with Crippen LogP contribution in [-0.2, 0) is 4.79 Å². The Morgan fingerprint density at radius 2 is 1.58 bits per heavy atom. The Bertz CT molecular complexity index is 1180. The Kier molecular flexibility index (Phi) is 5.50. The third-order valence-electron chi connectivity index (χ3n) is 6.03. The number of piperazine rings is 1. The molecule has 0 aliphatic carbocycles. The predicted octanol–water partition coefficient (Wildman–Crippen LogP) is 2.61. The van der Waals surface area contributed by atoms with Crippen molar-refractivity contribution in [1.82, 2.24) is 19.6 Å². The summed E-state index contributed by atoms with van der Waals surface area (Å²) >= 11 is 0. The summed E-state index contributed by atoms with van der Waals surface area (Å²) in [4.78, 5) is 29.4. The van der Waals surface area contributed by atoms with Crippen molar-refractivity contribution in [3.05, 3.63) is 71.5 Å². The first-order valence-corrected chi connectivity index (χ1v) is 11.1. The van der Waals surface area contributed by atoms with E-state index in [0.717, 1.165) is 17.1 Å². The fraction of sp³-hybridized carbons (Fsp3) is 0.320. The number of aryl methyl sites for hydroxylation is 2. The second-order valence-corrected chi connectivity index (χ2v) is 8.37. The molecule has 0 N–H and O–H groups in total. The number of para-hydroxylation sites is 2. The average molecular weight is 447 g/mol. The Labute approximate surface area is 192 Å². The highest BCUT2D eigenvalue weighted by molar-refractivity contribution is 5.94. The zero-order chi connectivity index (χ0) is 22.9. The predicted molar refractivity (Wildman–Crippen MR) is 122 cm³/mol. The second kappa shape index (κ2) is 8.61. The van der Waals surface area contributed by atoms with Crippen molar-refractivity contribution < 1.29 is 19.1 Å². The van der Waals surface area contributed by atoms with Crippen LogP contribution in [0.3, 0.4) is 0 Å². The number of carbonyl (C=O) groups is 2. The van der Waals surface area contributed by atoms with Gasteiger partial charge in [-0.15, -0.1) is 0 Å². The van der Waals surface area contributed by atoms with Crippen LogP contribution in [0, 0.1) is 13.8 Å². The van der Waals surface area contributed by atoms with Crippen molar-refractivity contribution in [2.75, 3.05) is 32.8 Å². The van der Waals surface area contributed by atoms with Crippen LogP contribution in [0.15, 0.2) is 54.6 Å². The van der Waals surface area contributed by atoms with Crippen molar-refractivity contribution in [3.63, 3.8) is 0 Å². The van der Waals surface area contributed by atoms with Gasteiger partial charge in [0.1, 0.15) is 6.61 Å². The van der Waals surface area contributed by atoms with E-state index in [1.807, 2.05) is 67.1 Å². The zero-order valence-corrected chi connectivity index (χ0v) is 18.7. The van der Waals surface area contributed by atoms with Gasteiger partial charge in [0.15, 0.2) is 11.5 Å². The molecule has 1 atom stereocenters. The van der Waals surface area contributed by atoms with Gasteiger partial charge in [-0.1, -0.05) is 12.1 Å². The molecular weight excluding hydrogens is 420 g/mol. The van der Waals surface area contributed by atoms with Gasteiger partial charge in [0, 0.05) is 37.4 Å². The smallest absolute Gasteiger partial charge is 0.267 e. The molecule has 0 spiro atoms. The van der Waals surface area contributed by atoms with Crippen molar-refractivity contribution in [2.45, 2.75) is 20.0 Å². The molecule has 0 radical (unpaired) electrons. The SMILES string of the molecule is Cc1cc(C)n(-c2ccc(C(=O)N3CCN(C(=O)C4COc5ccccc5O4)CC3)cc2)n1. The highest BCUT2D eigenvalue weighted by Crippen LogP contribution is 2.31. The summed E-state index contributed by atoms with van der Waals surface area (Å²) in [5.74, 6) is 1.10. The van der Waals surface area contributed by atoms with Crippen molar-refractivity contribution in [3.8, 4) is 17.2 Å². The molecule has 0 bridgehead atoms. The van der Waals surface area contributed by atoms with Gasteiger partial charge in [0.2, 0.25) is 6.10 Å². The third kappa shape index (κ3) is 4.16. The molecule has 5 rings (SSSR count). The van der Waals surface area contributed by atoms with E-state index < -0.39 is 6.10 Å². The zero-order valence-electron chi connectivity index (χ0n) is 18.7. The number of hydrogen-bond acceptors (Lipinski definition) is 5. The van der Waals surface area contributed by atoms with E-state index >= 15 is 0 Å². The molecule has 33 heavy (non-hydrogen) atoms. The maximum atomic E-state index is 13.0. The van der Waals surface area contributed by atoms with Gasteiger partial charge in [-0.25, -0.2) is 4.68 Å². The second-order valence-electron chi connectivity index (χ2n) is 8.37. The number of aromatic nitrogens is 2. The van der Waals surface area contributed by atoms with Crippen LogP contribution in [0.5, 0.6) is 11.5 Å². The number of rotatable bonds is 3. The summed E-state index contributed by atoms with van der Waals surface area (Å²) in [6.45, 7) is 6.05. The summed E-state index contributed by atoms with van der Waals surface area (Å²) in [5.41, 5.74) is 3.54. The van der Waals surface area contributed by atoms with E-state index in [4.69, 9.17) is 9.47 Å². The first kappa shape index (κ1) is 21.1. The summed E-state index contributed by atoms with van der Waals surface area (Å²) in [6.07, 6.45) is -0.663.